The molecule has 2 heterocycles. The Bertz CT molecular complexity index is 576. The first kappa shape index (κ1) is 18.3. The Labute approximate surface area is 150 Å². The summed E-state index contributed by atoms with van der Waals surface area (Å²) in [6.45, 7) is 10.3. The van der Waals surface area contributed by atoms with Crippen molar-refractivity contribution in [2.24, 2.45) is 0 Å². The summed E-state index contributed by atoms with van der Waals surface area (Å²) in [5.74, 6) is -0.174. The van der Waals surface area contributed by atoms with E-state index < -0.39 is 0 Å². The molecule has 0 saturated carbocycles. The Kier molecular flexibility index (Phi) is 6.07. The molecule has 25 heavy (non-hydrogen) atoms. The van der Waals surface area contributed by atoms with Crippen molar-refractivity contribution in [3.8, 4) is 0 Å². The second-order valence-electron chi connectivity index (χ2n) is 7.54. The smallest absolute Gasteiger partial charge is 0.227 e. The van der Waals surface area contributed by atoms with E-state index in [1.54, 1.807) is 6.07 Å². The molecule has 0 aliphatic carbocycles. The monoisotopic (exact) mass is 347 g/mol. The molecule has 2 atom stereocenters. The van der Waals surface area contributed by atoms with E-state index in [0.29, 0.717) is 18.5 Å². The molecule has 2 aliphatic heterocycles. The number of benzene rings is 1. The maximum Gasteiger partial charge on any atom is 0.227 e. The van der Waals surface area contributed by atoms with Gasteiger partial charge in [0.15, 0.2) is 0 Å². The van der Waals surface area contributed by atoms with E-state index >= 15 is 0 Å². The molecule has 138 valence electrons. The van der Waals surface area contributed by atoms with Crippen molar-refractivity contribution in [1.29, 1.82) is 0 Å². The number of hydrogen-bond donors (Lipinski definition) is 0. The first-order chi connectivity index (χ1) is 12.0. The van der Waals surface area contributed by atoms with Gasteiger partial charge in [-0.05, 0) is 44.4 Å². The zero-order valence-corrected chi connectivity index (χ0v) is 15.5. The molecule has 0 bridgehead atoms. The van der Waals surface area contributed by atoms with Gasteiger partial charge in [0.1, 0.15) is 5.82 Å². The molecule has 0 N–H and O–H groups in total. The van der Waals surface area contributed by atoms with Crippen LogP contribution in [0.15, 0.2) is 24.3 Å². The molecule has 5 heteroatoms. The zero-order chi connectivity index (χ0) is 17.8. The van der Waals surface area contributed by atoms with Gasteiger partial charge in [0.2, 0.25) is 5.91 Å². The normalized spacial score (nSPS) is 25.5. The molecular formula is C20H30FN3O. The van der Waals surface area contributed by atoms with Crippen LogP contribution in [0.4, 0.5) is 4.39 Å². The lowest BCUT2D eigenvalue weighted by molar-refractivity contribution is -0.132. The summed E-state index contributed by atoms with van der Waals surface area (Å²) in [6.07, 6.45) is 2.91. The van der Waals surface area contributed by atoms with Crippen molar-refractivity contribution >= 4 is 5.91 Å². The van der Waals surface area contributed by atoms with Crippen LogP contribution in [-0.2, 0) is 11.2 Å². The number of amides is 1. The van der Waals surface area contributed by atoms with E-state index in [4.69, 9.17) is 0 Å². The molecule has 2 unspecified atom stereocenters. The molecule has 2 saturated heterocycles. The molecule has 1 aromatic carbocycles. The van der Waals surface area contributed by atoms with Crippen LogP contribution in [0.3, 0.4) is 0 Å². The number of halogens is 1. The number of carbonyl (C=O) groups is 1. The van der Waals surface area contributed by atoms with Crippen LogP contribution in [0, 0.1) is 5.82 Å². The van der Waals surface area contributed by atoms with Crippen LogP contribution in [0.25, 0.3) is 0 Å². The number of piperazine rings is 1. The van der Waals surface area contributed by atoms with Crippen LogP contribution in [0.5, 0.6) is 0 Å². The van der Waals surface area contributed by atoms with Gasteiger partial charge in [-0.25, -0.2) is 4.39 Å². The molecule has 0 spiro atoms. The predicted octanol–water partition coefficient (Wildman–Crippen LogP) is 2.39. The number of carbonyl (C=O) groups excluding carboxylic acids is 1. The van der Waals surface area contributed by atoms with Crippen molar-refractivity contribution in [1.82, 2.24) is 14.7 Å². The first-order valence-electron chi connectivity index (χ1n) is 9.53. The summed E-state index contributed by atoms with van der Waals surface area (Å²) in [4.78, 5) is 19.4. The minimum atomic E-state index is -0.277. The van der Waals surface area contributed by atoms with Crippen molar-refractivity contribution in [2.45, 2.75) is 45.2 Å². The van der Waals surface area contributed by atoms with Crippen LogP contribution in [0.2, 0.25) is 0 Å². The van der Waals surface area contributed by atoms with Crippen molar-refractivity contribution in [3.05, 3.63) is 35.6 Å². The maximum atomic E-state index is 13.2. The van der Waals surface area contributed by atoms with Gasteiger partial charge in [-0.2, -0.15) is 0 Å². The highest BCUT2D eigenvalue weighted by atomic mass is 19.1. The van der Waals surface area contributed by atoms with Crippen molar-refractivity contribution in [3.63, 3.8) is 0 Å². The summed E-state index contributed by atoms with van der Waals surface area (Å²) in [5.41, 5.74) is 0.754. The number of hydrogen-bond acceptors (Lipinski definition) is 3. The van der Waals surface area contributed by atoms with Crippen molar-refractivity contribution < 1.29 is 9.18 Å². The second kappa shape index (κ2) is 8.28. The average molecular weight is 347 g/mol. The highest BCUT2D eigenvalue weighted by Crippen LogP contribution is 2.22. The van der Waals surface area contributed by atoms with E-state index in [0.717, 1.165) is 44.8 Å². The van der Waals surface area contributed by atoms with Crippen molar-refractivity contribution in [2.75, 3.05) is 39.3 Å². The Morgan fingerprint density at radius 2 is 1.76 bits per heavy atom. The summed E-state index contributed by atoms with van der Waals surface area (Å²) in [7, 11) is 0. The highest BCUT2D eigenvalue weighted by molar-refractivity contribution is 5.78. The summed E-state index contributed by atoms with van der Waals surface area (Å²) >= 11 is 0. The van der Waals surface area contributed by atoms with Gasteiger partial charge in [-0.1, -0.05) is 12.1 Å². The lowest BCUT2D eigenvalue weighted by Crippen LogP contribution is -2.51. The molecule has 1 aromatic rings. The fraction of sp³-hybridized carbons (Fsp3) is 0.650. The first-order valence-corrected chi connectivity index (χ1v) is 9.53. The Balaban J connectivity index is 1.41. The largest absolute Gasteiger partial charge is 0.340 e. The summed E-state index contributed by atoms with van der Waals surface area (Å²) in [6, 6.07) is 7.74. The average Bonchev–Trinajstić information content (AvgIpc) is 2.92. The third-order valence-electron chi connectivity index (χ3n) is 5.78. The van der Waals surface area contributed by atoms with Crippen LogP contribution in [0.1, 0.15) is 32.3 Å². The van der Waals surface area contributed by atoms with E-state index in [9.17, 15) is 9.18 Å². The van der Waals surface area contributed by atoms with Gasteiger partial charge in [0.25, 0.3) is 0 Å². The number of nitrogens with zero attached hydrogens (tertiary/aromatic N) is 3. The van der Waals surface area contributed by atoms with Gasteiger partial charge in [0.05, 0.1) is 6.42 Å². The fourth-order valence-electron chi connectivity index (χ4n) is 4.10. The van der Waals surface area contributed by atoms with Crippen LogP contribution in [-0.4, -0.2) is 72.0 Å². The third kappa shape index (κ3) is 4.79. The summed E-state index contributed by atoms with van der Waals surface area (Å²) in [5, 5.41) is 0. The Hall–Kier alpha value is -1.46. The standard InChI is InChI=1S/C20H30FN3O/c1-16-6-7-17(2)24(16)13-10-22-8-11-23(12-9-22)20(25)15-18-4-3-5-19(21)14-18/h3-5,14,16-17H,6-13,15H2,1-2H3. The maximum absolute atomic E-state index is 13.2. The molecule has 3 rings (SSSR count). The number of rotatable bonds is 5. The highest BCUT2D eigenvalue weighted by Gasteiger charge is 2.28. The van der Waals surface area contributed by atoms with Crippen LogP contribution < -0.4 is 0 Å². The quantitative estimate of drug-likeness (QED) is 0.818. The van der Waals surface area contributed by atoms with Gasteiger partial charge in [0, 0.05) is 51.4 Å². The molecule has 2 aliphatic rings. The predicted molar refractivity (Wildman–Crippen MR) is 98.0 cm³/mol. The third-order valence-corrected chi connectivity index (χ3v) is 5.78. The van der Waals surface area contributed by atoms with Crippen LogP contribution >= 0.6 is 0 Å². The Morgan fingerprint density at radius 1 is 1.08 bits per heavy atom. The lowest BCUT2D eigenvalue weighted by Gasteiger charge is -2.36. The Morgan fingerprint density at radius 3 is 2.40 bits per heavy atom. The van der Waals surface area contributed by atoms with E-state index in [1.165, 1.54) is 25.0 Å². The summed E-state index contributed by atoms with van der Waals surface area (Å²) < 4.78 is 13.2. The molecule has 2 fully saturated rings. The van der Waals surface area contributed by atoms with E-state index in [2.05, 4.69) is 23.6 Å². The zero-order valence-electron chi connectivity index (χ0n) is 15.5. The van der Waals surface area contributed by atoms with E-state index in [1.807, 2.05) is 11.0 Å². The van der Waals surface area contributed by atoms with Gasteiger partial charge in [-0.3, -0.25) is 14.6 Å². The molecular weight excluding hydrogens is 317 g/mol. The fourth-order valence-corrected chi connectivity index (χ4v) is 4.10. The van der Waals surface area contributed by atoms with E-state index in [-0.39, 0.29) is 11.7 Å². The SMILES string of the molecule is CC1CCC(C)N1CCN1CCN(C(=O)Cc2cccc(F)c2)CC1. The van der Waals surface area contributed by atoms with Gasteiger partial charge < -0.3 is 4.90 Å². The molecule has 4 nitrogen and oxygen atoms in total. The lowest BCUT2D eigenvalue weighted by atomic mass is 10.1. The number of likely N-dealkylation sites (tertiary alicyclic amines) is 1. The topological polar surface area (TPSA) is 26.8 Å². The molecule has 0 aromatic heterocycles. The second-order valence-corrected chi connectivity index (χ2v) is 7.54. The van der Waals surface area contributed by atoms with Gasteiger partial charge in [-0.15, -0.1) is 0 Å². The molecule has 1 amide bonds. The minimum absolute atomic E-state index is 0.104. The molecule has 0 radical (unpaired) electrons. The minimum Gasteiger partial charge on any atom is -0.340 e. The van der Waals surface area contributed by atoms with Gasteiger partial charge >= 0.3 is 0 Å².